The van der Waals surface area contributed by atoms with Crippen molar-refractivity contribution >= 4 is 46.2 Å². The highest BCUT2D eigenvalue weighted by molar-refractivity contribution is 7.80. The molecule has 0 saturated heterocycles. The van der Waals surface area contributed by atoms with Crippen molar-refractivity contribution in [1.29, 1.82) is 0 Å². The second kappa shape index (κ2) is 10.0. The molecule has 2 heterocycles. The van der Waals surface area contributed by atoms with Crippen LogP contribution >= 0.6 is 23.8 Å². The Balaban J connectivity index is 0.000000254. The molecule has 3 rings (SSSR count). The quantitative estimate of drug-likeness (QED) is 0.393. The van der Waals surface area contributed by atoms with Gasteiger partial charge in [-0.25, -0.2) is 4.79 Å². The first-order chi connectivity index (χ1) is 12.5. The monoisotopic (exact) mass is 388 g/mol. The van der Waals surface area contributed by atoms with Crippen LogP contribution in [0.25, 0.3) is 0 Å². The molecular weight excluding hydrogens is 372 g/mol. The lowest BCUT2D eigenvalue weighted by atomic mass is 10.3. The molecule has 10 heteroatoms. The van der Waals surface area contributed by atoms with Crippen LogP contribution in [0.1, 0.15) is 16.1 Å². The Morgan fingerprint density at radius 1 is 1.27 bits per heavy atom. The number of pyridine rings is 1. The van der Waals surface area contributed by atoms with Crippen LogP contribution in [-0.2, 0) is 6.54 Å². The number of nitrogens with two attached hydrogens (primary N) is 1. The number of hydrogen-bond donors (Lipinski definition) is 4. The first-order valence-electron chi connectivity index (χ1n) is 7.34. The summed E-state index contributed by atoms with van der Waals surface area (Å²) in [6.07, 6.45) is 3.55. The molecule has 0 saturated carbocycles. The van der Waals surface area contributed by atoms with E-state index < -0.39 is 5.97 Å². The van der Waals surface area contributed by atoms with Gasteiger partial charge in [-0.1, -0.05) is 10.6 Å². The van der Waals surface area contributed by atoms with Crippen LogP contribution in [0.3, 0.4) is 0 Å². The number of thiocarbonyl (C=S) groups is 1. The second-order valence-electron chi connectivity index (χ2n) is 4.89. The number of anilines is 2. The molecule has 0 unspecified atom stereocenters. The summed E-state index contributed by atoms with van der Waals surface area (Å²) in [6.45, 7) is 0.647. The number of nitrogens with one attached hydrogen (secondary N) is 2. The maximum atomic E-state index is 9.97. The van der Waals surface area contributed by atoms with Gasteiger partial charge < -0.3 is 21.5 Å². The Hall–Kier alpha value is -3.11. The molecule has 0 atom stereocenters. The fourth-order valence-corrected chi connectivity index (χ4v) is 2.30. The number of hydrogen-bond acceptors (Lipinski definition) is 7. The van der Waals surface area contributed by atoms with Crippen LogP contribution in [-0.4, -0.2) is 30.8 Å². The van der Waals surface area contributed by atoms with E-state index in [0.29, 0.717) is 11.7 Å². The molecule has 0 fully saturated rings. The number of carbonyl (C=O) groups is 1. The molecule has 8 nitrogen and oxygen atoms in total. The molecule has 0 aliphatic rings. The van der Waals surface area contributed by atoms with E-state index in [1.807, 2.05) is 36.4 Å². The van der Waals surface area contributed by atoms with Crippen molar-refractivity contribution in [3.05, 3.63) is 65.4 Å². The first kappa shape index (κ1) is 19.2. The normalized spacial score (nSPS) is 9.54. The van der Waals surface area contributed by atoms with Gasteiger partial charge in [-0.2, -0.15) is 0 Å². The van der Waals surface area contributed by atoms with Gasteiger partial charge in [-0.15, -0.1) is 5.10 Å². The van der Waals surface area contributed by atoms with Crippen molar-refractivity contribution in [3.8, 4) is 0 Å². The lowest BCUT2D eigenvalue weighted by Crippen LogP contribution is -2.27. The summed E-state index contributed by atoms with van der Waals surface area (Å²) in [5.74, 6) is -1.03. The van der Waals surface area contributed by atoms with E-state index in [9.17, 15) is 4.79 Å². The fourth-order valence-electron chi connectivity index (χ4n) is 1.68. The number of nitrogens with zero attached hydrogens (tertiary/aromatic N) is 3. The average Bonchev–Trinajstić information content (AvgIpc) is 3.19. The Bertz CT molecular complexity index is 826. The molecule has 2 aromatic heterocycles. The number of carboxylic acid groups (broad SMARTS) is 1. The predicted octanol–water partition coefficient (Wildman–Crippen LogP) is 2.39. The molecule has 0 amide bonds. The van der Waals surface area contributed by atoms with Crippen LogP contribution in [0, 0.1) is 0 Å². The summed E-state index contributed by atoms with van der Waals surface area (Å²) in [6, 6.07) is 11.3. The minimum atomic E-state index is -1.03. The Kier molecular flexibility index (Phi) is 7.40. The van der Waals surface area contributed by atoms with Crippen LogP contribution in [0.2, 0.25) is 0 Å². The second-order valence-corrected chi connectivity index (χ2v) is 5.90. The van der Waals surface area contributed by atoms with E-state index in [1.165, 1.54) is 5.38 Å². The molecule has 0 radical (unpaired) electrons. The smallest absolute Gasteiger partial charge is 0.357 e. The highest BCUT2D eigenvalue weighted by Crippen LogP contribution is 2.10. The largest absolute Gasteiger partial charge is 0.476 e. The molecule has 0 aliphatic heterocycles. The summed E-state index contributed by atoms with van der Waals surface area (Å²) in [5.41, 5.74) is 8.34. The molecule has 0 aliphatic carbocycles. The SMILES string of the molecule is Nc1ccc(NC(=S)NCc2cccnc2)cc1.O=C(O)c1csnn1. The van der Waals surface area contributed by atoms with Gasteiger partial charge in [0.1, 0.15) is 0 Å². The molecule has 134 valence electrons. The highest BCUT2D eigenvalue weighted by atomic mass is 32.1. The van der Waals surface area contributed by atoms with Crippen molar-refractivity contribution in [3.63, 3.8) is 0 Å². The van der Waals surface area contributed by atoms with Gasteiger partial charge in [0.25, 0.3) is 0 Å². The topological polar surface area (TPSA) is 126 Å². The van der Waals surface area contributed by atoms with E-state index >= 15 is 0 Å². The zero-order valence-corrected chi connectivity index (χ0v) is 15.1. The maximum Gasteiger partial charge on any atom is 0.357 e. The minimum Gasteiger partial charge on any atom is -0.476 e. The third-order valence-corrected chi connectivity index (χ3v) is 3.67. The van der Waals surface area contributed by atoms with Crippen molar-refractivity contribution in [2.24, 2.45) is 0 Å². The number of nitrogen functional groups attached to an aromatic ring is 1. The number of aromatic carboxylic acids is 1. The molecule has 5 N–H and O–H groups in total. The van der Waals surface area contributed by atoms with Crippen LogP contribution in [0.15, 0.2) is 54.2 Å². The lowest BCUT2D eigenvalue weighted by Gasteiger charge is -2.10. The summed E-state index contributed by atoms with van der Waals surface area (Å²) < 4.78 is 3.35. The zero-order chi connectivity index (χ0) is 18.8. The van der Waals surface area contributed by atoms with Gasteiger partial charge in [-0.05, 0) is 59.6 Å². The van der Waals surface area contributed by atoms with Gasteiger partial charge in [0.05, 0.1) is 0 Å². The summed E-state index contributed by atoms with van der Waals surface area (Å²) in [7, 11) is 0. The summed E-state index contributed by atoms with van der Waals surface area (Å²) >= 11 is 6.22. The molecule has 3 aromatic rings. The van der Waals surface area contributed by atoms with Gasteiger partial charge in [0.2, 0.25) is 0 Å². The number of carboxylic acids is 1. The van der Waals surface area contributed by atoms with E-state index in [4.69, 9.17) is 23.1 Å². The summed E-state index contributed by atoms with van der Waals surface area (Å²) in [4.78, 5) is 14.0. The minimum absolute atomic E-state index is 0.00926. The first-order valence-corrected chi connectivity index (χ1v) is 8.58. The predicted molar refractivity (Wildman–Crippen MR) is 105 cm³/mol. The number of benzene rings is 1. The Labute approximate surface area is 159 Å². The summed E-state index contributed by atoms with van der Waals surface area (Å²) in [5, 5.41) is 19.6. The van der Waals surface area contributed by atoms with Crippen molar-refractivity contribution in [1.82, 2.24) is 19.9 Å². The van der Waals surface area contributed by atoms with E-state index in [-0.39, 0.29) is 5.69 Å². The fraction of sp³-hybridized carbons (Fsp3) is 0.0625. The third kappa shape index (κ3) is 6.79. The molecule has 0 bridgehead atoms. The molecule has 0 spiro atoms. The average molecular weight is 388 g/mol. The maximum absolute atomic E-state index is 9.97. The number of aromatic nitrogens is 3. The van der Waals surface area contributed by atoms with Crippen molar-refractivity contribution in [2.45, 2.75) is 6.54 Å². The van der Waals surface area contributed by atoms with E-state index in [1.54, 1.807) is 12.4 Å². The molecule has 26 heavy (non-hydrogen) atoms. The van der Waals surface area contributed by atoms with Gasteiger partial charge in [0, 0.05) is 35.7 Å². The van der Waals surface area contributed by atoms with Crippen molar-refractivity contribution < 1.29 is 9.90 Å². The molecule has 1 aromatic carbocycles. The van der Waals surface area contributed by atoms with Crippen molar-refractivity contribution in [2.75, 3.05) is 11.1 Å². The van der Waals surface area contributed by atoms with Gasteiger partial charge >= 0.3 is 5.97 Å². The molecular formula is C16H16N6O2S2. The van der Waals surface area contributed by atoms with Crippen LogP contribution in [0.4, 0.5) is 11.4 Å². The lowest BCUT2D eigenvalue weighted by molar-refractivity contribution is 0.0690. The third-order valence-electron chi connectivity index (χ3n) is 2.92. The van der Waals surface area contributed by atoms with E-state index in [2.05, 4.69) is 25.2 Å². The standard InChI is InChI=1S/C13H14N4S.C3H2N2O2S/c14-11-3-5-12(6-4-11)17-13(18)16-9-10-2-1-7-15-8-10;6-3(7)2-1-8-5-4-2/h1-8H,9,14H2,(H2,16,17,18);1H,(H,6,7). The van der Waals surface area contributed by atoms with E-state index in [0.717, 1.165) is 28.5 Å². The van der Waals surface area contributed by atoms with Gasteiger partial charge in [-0.3, -0.25) is 4.98 Å². The Morgan fingerprint density at radius 2 is 2.04 bits per heavy atom. The Morgan fingerprint density at radius 3 is 2.58 bits per heavy atom. The van der Waals surface area contributed by atoms with Crippen LogP contribution in [0.5, 0.6) is 0 Å². The van der Waals surface area contributed by atoms with Crippen LogP contribution < -0.4 is 16.4 Å². The van der Waals surface area contributed by atoms with Gasteiger partial charge in [0.15, 0.2) is 10.8 Å². The number of rotatable bonds is 4. The highest BCUT2D eigenvalue weighted by Gasteiger charge is 2.02. The zero-order valence-electron chi connectivity index (χ0n) is 13.5.